The average molecular weight is 307 g/mol. The molecule has 0 spiro atoms. The first-order chi connectivity index (χ1) is 10.7. The van der Waals surface area contributed by atoms with E-state index in [1.165, 1.54) is 0 Å². The number of hydrogen-bond acceptors (Lipinski definition) is 5. The molecule has 120 valence electrons. The highest BCUT2D eigenvalue weighted by atomic mass is 16.5. The molecule has 1 aromatic carbocycles. The molecule has 0 aliphatic carbocycles. The van der Waals surface area contributed by atoms with Gasteiger partial charge in [-0.25, -0.2) is 0 Å². The summed E-state index contributed by atoms with van der Waals surface area (Å²) in [7, 11) is 1.58. The van der Waals surface area contributed by atoms with Gasteiger partial charge in [0.25, 0.3) is 5.91 Å². The summed E-state index contributed by atoms with van der Waals surface area (Å²) in [5, 5.41) is 2.70. The van der Waals surface area contributed by atoms with Crippen molar-refractivity contribution in [3.05, 3.63) is 29.8 Å². The van der Waals surface area contributed by atoms with Crippen molar-refractivity contribution in [2.75, 3.05) is 26.9 Å². The van der Waals surface area contributed by atoms with Crippen LogP contribution in [0.3, 0.4) is 0 Å². The number of carbonyl (C=O) groups excluding carboxylic acids is 2. The minimum atomic E-state index is -0.433. The highest BCUT2D eigenvalue weighted by Gasteiger charge is 2.16. The Labute approximate surface area is 129 Å². The zero-order valence-corrected chi connectivity index (χ0v) is 12.7. The van der Waals surface area contributed by atoms with Gasteiger partial charge in [0, 0.05) is 13.2 Å². The van der Waals surface area contributed by atoms with Gasteiger partial charge in [0.05, 0.1) is 19.6 Å². The van der Waals surface area contributed by atoms with E-state index in [4.69, 9.17) is 14.2 Å². The molecule has 1 aromatic rings. The second-order valence-electron chi connectivity index (χ2n) is 5.12. The predicted octanol–water partition coefficient (Wildman–Crippen LogP) is 1.08. The third kappa shape index (κ3) is 5.37. The van der Waals surface area contributed by atoms with Gasteiger partial charge in [-0.2, -0.15) is 0 Å². The van der Waals surface area contributed by atoms with E-state index in [2.05, 4.69) is 5.32 Å². The highest BCUT2D eigenvalue weighted by molar-refractivity contribution is 5.81. The molecule has 0 saturated carbocycles. The standard InChI is InChI=1S/C16H21NO5/c1-20-13-6-4-12(5-7-13)9-16(19)22-11-15(18)17-10-14-3-2-8-21-14/h4-7,14H,2-3,8-11H2,1H3,(H,17,18)/t14-/m0/s1. The summed E-state index contributed by atoms with van der Waals surface area (Å²) in [6.45, 7) is 0.952. The Kier molecular flexibility index (Phi) is 6.21. The Morgan fingerprint density at radius 1 is 1.32 bits per heavy atom. The lowest BCUT2D eigenvalue weighted by molar-refractivity contribution is -0.148. The molecule has 6 nitrogen and oxygen atoms in total. The number of amides is 1. The molecule has 0 radical (unpaired) electrons. The van der Waals surface area contributed by atoms with Gasteiger partial charge in [-0.15, -0.1) is 0 Å². The van der Waals surface area contributed by atoms with Gasteiger partial charge in [0.15, 0.2) is 6.61 Å². The number of hydrogen-bond donors (Lipinski definition) is 1. The Balaban J connectivity index is 1.64. The number of esters is 1. The first-order valence-electron chi connectivity index (χ1n) is 7.34. The van der Waals surface area contributed by atoms with Crippen LogP contribution >= 0.6 is 0 Å². The second kappa shape index (κ2) is 8.38. The largest absolute Gasteiger partial charge is 0.497 e. The van der Waals surface area contributed by atoms with E-state index in [9.17, 15) is 9.59 Å². The number of nitrogens with one attached hydrogen (secondary N) is 1. The first-order valence-corrected chi connectivity index (χ1v) is 7.34. The molecule has 1 amide bonds. The van der Waals surface area contributed by atoms with E-state index in [0.29, 0.717) is 6.54 Å². The van der Waals surface area contributed by atoms with Crippen LogP contribution in [0, 0.1) is 0 Å². The van der Waals surface area contributed by atoms with Crippen LogP contribution in [0.4, 0.5) is 0 Å². The van der Waals surface area contributed by atoms with Crippen LogP contribution in [0.25, 0.3) is 0 Å². The summed E-state index contributed by atoms with van der Waals surface area (Å²) in [6.07, 6.45) is 2.19. The summed E-state index contributed by atoms with van der Waals surface area (Å²) in [6, 6.07) is 7.13. The van der Waals surface area contributed by atoms with Crippen LogP contribution in [-0.4, -0.2) is 44.8 Å². The normalized spacial score (nSPS) is 17.0. The van der Waals surface area contributed by atoms with Crippen LogP contribution < -0.4 is 10.1 Å². The average Bonchev–Trinajstić information content (AvgIpc) is 3.05. The van der Waals surface area contributed by atoms with Crippen LogP contribution in [0.15, 0.2) is 24.3 Å². The van der Waals surface area contributed by atoms with Crippen LogP contribution in [0.1, 0.15) is 18.4 Å². The second-order valence-corrected chi connectivity index (χ2v) is 5.12. The van der Waals surface area contributed by atoms with Gasteiger partial charge in [-0.05, 0) is 30.5 Å². The monoisotopic (exact) mass is 307 g/mol. The lowest BCUT2D eigenvalue weighted by Crippen LogP contribution is -2.35. The smallest absolute Gasteiger partial charge is 0.310 e. The zero-order valence-electron chi connectivity index (χ0n) is 12.7. The summed E-state index contributed by atoms with van der Waals surface area (Å²) >= 11 is 0. The summed E-state index contributed by atoms with van der Waals surface area (Å²) in [5.41, 5.74) is 0.811. The molecule has 0 unspecified atom stereocenters. The van der Waals surface area contributed by atoms with Gasteiger partial charge < -0.3 is 19.5 Å². The van der Waals surface area contributed by atoms with E-state index in [0.717, 1.165) is 30.8 Å². The van der Waals surface area contributed by atoms with E-state index in [1.807, 2.05) is 0 Å². The molecule has 1 fully saturated rings. The Bertz CT molecular complexity index is 494. The summed E-state index contributed by atoms with van der Waals surface area (Å²) < 4.78 is 15.4. The van der Waals surface area contributed by atoms with Crippen molar-refractivity contribution in [3.8, 4) is 5.75 Å². The van der Waals surface area contributed by atoms with Crippen molar-refractivity contribution in [2.24, 2.45) is 0 Å². The molecule has 1 saturated heterocycles. The Morgan fingerprint density at radius 3 is 2.73 bits per heavy atom. The minimum Gasteiger partial charge on any atom is -0.497 e. The fourth-order valence-corrected chi connectivity index (χ4v) is 2.19. The number of ether oxygens (including phenoxy) is 3. The zero-order chi connectivity index (χ0) is 15.8. The Hall–Kier alpha value is -2.08. The summed E-state index contributed by atoms with van der Waals surface area (Å²) in [4.78, 5) is 23.3. The Morgan fingerprint density at radius 2 is 2.09 bits per heavy atom. The molecule has 1 aliphatic rings. The molecule has 0 bridgehead atoms. The van der Waals surface area contributed by atoms with Crippen molar-refractivity contribution < 1.29 is 23.8 Å². The van der Waals surface area contributed by atoms with Crippen molar-refractivity contribution in [1.29, 1.82) is 0 Å². The van der Waals surface area contributed by atoms with E-state index in [-0.39, 0.29) is 25.0 Å². The lowest BCUT2D eigenvalue weighted by atomic mass is 10.1. The molecule has 1 N–H and O–H groups in total. The predicted molar refractivity (Wildman–Crippen MR) is 79.6 cm³/mol. The summed E-state index contributed by atoms with van der Waals surface area (Å²) in [5.74, 6) is -0.0124. The molecule has 1 heterocycles. The van der Waals surface area contributed by atoms with Gasteiger partial charge in [0.2, 0.25) is 0 Å². The molecule has 0 aromatic heterocycles. The van der Waals surface area contributed by atoms with Gasteiger partial charge in [-0.3, -0.25) is 9.59 Å². The number of methoxy groups -OCH3 is 1. The minimum absolute atomic E-state index is 0.0824. The van der Waals surface area contributed by atoms with E-state index in [1.54, 1.807) is 31.4 Å². The SMILES string of the molecule is COc1ccc(CC(=O)OCC(=O)NC[C@@H]2CCCO2)cc1. The number of carbonyl (C=O) groups is 2. The molecular formula is C16H21NO5. The lowest BCUT2D eigenvalue weighted by Gasteiger charge is -2.11. The fourth-order valence-electron chi connectivity index (χ4n) is 2.19. The van der Waals surface area contributed by atoms with E-state index < -0.39 is 5.97 Å². The maximum atomic E-state index is 11.7. The van der Waals surface area contributed by atoms with Gasteiger partial charge in [-0.1, -0.05) is 12.1 Å². The third-order valence-corrected chi connectivity index (χ3v) is 3.42. The maximum absolute atomic E-state index is 11.7. The van der Waals surface area contributed by atoms with Crippen molar-refractivity contribution in [3.63, 3.8) is 0 Å². The first kappa shape index (κ1) is 16.3. The van der Waals surface area contributed by atoms with Crippen LogP contribution in [0.5, 0.6) is 5.75 Å². The highest BCUT2D eigenvalue weighted by Crippen LogP contribution is 2.12. The van der Waals surface area contributed by atoms with Crippen molar-refractivity contribution >= 4 is 11.9 Å². The van der Waals surface area contributed by atoms with Gasteiger partial charge >= 0.3 is 5.97 Å². The van der Waals surface area contributed by atoms with Crippen molar-refractivity contribution in [2.45, 2.75) is 25.4 Å². The van der Waals surface area contributed by atoms with Crippen LogP contribution in [0.2, 0.25) is 0 Å². The van der Waals surface area contributed by atoms with Gasteiger partial charge in [0.1, 0.15) is 5.75 Å². The molecule has 1 aliphatic heterocycles. The van der Waals surface area contributed by atoms with Crippen molar-refractivity contribution in [1.82, 2.24) is 5.32 Å². The van der Waals surface area contributed by atoms with Crippen LogP contribution in [-0.2, 0) is 25.5 Å². The molecule has 6 heteroatoms. The topological polar surface area (TPSA) is 73.9 Å². The number of rotatable bonds is 7. The fraction of sp³-hybridized carbons (Fsp3) is 0.500. The quantitative estimate of drug-likeness (QED) is 0.763. The third-order valence-electron chi connectivity index (χ3n) is 3.42. The number of benzene rings is 1. The molecular weight excluding hydrogens is 286 g/mol. The van der Waals surface area contributed by atoms with E-state index >= 15 is 0 Å². The molecule has 22 heavy (non-hydrogen) atoms. The molecule has 2 rings (SSSR count). The molecule has 1 atom stereocenters. The maximum Gasteiger partial charge on any atom is 0.310 e.